The standard InChI is InChI=1S/C14H9ClFN3/c15-11-5-6-12(13(16)7-11)9-1-3-10(4-2-9)14-8-17-19-18-14/h1-8H,(H,17,18,19). The zero-order chi connectivity index (χ0) is 13.2. The molecular weight excluding hydrogens is 265 g/mol. The van der Waals surface area contributed by atoms with E-state index in [1.165, 1.54) is 6.07 Å². The Kier molecular flexibility index (Phi) is 3.01. The molecule has 3 nitrogen and oxygen atoms in total. The smallest absolute Gasteiger partial charge is 0.132 e. The zero-order valence-electron chi connectivity index (χ0n) is 9.77. The summed E-state index contributed by atoms with van der Waals surface area (Å²) >= 11 is 5.74. The number of halogens is 2. The van der Waals surface area contributed by atoms with Gasteiger partial charge in [-0.2, -0.15) is 0 Å². The van der Waals surface area contributed by atoms with E-state index < -0.39 is 0 Å². The normalized spacial score (nSPS) is 10.6. The fourth-order valence-electron chi connectivity index (χ4n) is 1.89. The lowest BCUT2D eigenvalue weighted by atomic mass is 10.0. The molecule has 0 radical (unpaired) electrons. The average molecular weight is 274 g/mol. The summed E-state index contributed by atoms with van der Waals surface area (Å²) in [5, 5.41) is 10.5. The van der Waals surface area contributed by atoms with Gasteiger partial charge in [-0.25, -0.2) is 4.39 Å². The van der Waals surface area contributed by atoms with Gasteiger partial charge in [0, 0.05) is 16.1 Å². The lowest BCUT2D eigenvalue weighted by Crippen LogP contribution is -1.85. The molecule has 2 aromatic carbocycles. The van der Waals surface area contributed by atoms with Gasteiger partial charge >= 0.3 is 0 Å². The predicted molar refractivity (Wildman–Crippen MR) is 72.2 cm³/mol. The number of nitrogens with one attached hydrogen (secondary N) is 1. The maximum Gasteiger partial charge on any atom is 0.132 e. The number of nitrogens with zero attached hydrogens (tertiary/aromatic N) is 2. The Morgan fingerprint density at radius 2 is 1.74 bits per heavy atom. The van der Waals surface area contributed by atoms with Crippen LogP contribution in [-0.4, -0.2) is 15.4 Å². The third-order valence-electron chi connectivity index (χ3n) is 2.85. The van der Waals surface area contributed by atoms with E-state index in [1.54, 1.807) is 18.3 Å². The largest absolute Gasteiger partial charge is 0.258 e. The molecule has 94 valence electrons. The highest BCUT2D eigenvalue weighted by Crippen LogP contribution is 2.27. The Morgan fingerprint density at radius 1 is 1.00 bits per heavy atom. The lowest BCUT2D eigenvalue weighted by molar-refractivity contribution is 0.631. The molecule has 5 heteroatoms. The number of hydrogen-bond donors (Lipinski definition) is 1. The lowest BCUT2D eigenvalue weighted by Gasteiger charge is -2.05. The Morgan fingerprint density at radius 3 is 2.37 bits per heavy atom. The number of aromatic nitrogens is 3. The minimum Gasteiger partial charge on any atom is -0.258 e. The first kappa shape index (κ1) is 11.9. The van der Waals surface area contributed by atoms with Gasteiger partial charge in [-0.1, -0.05) is 41.1 Å². The molecule has 0 saturated carbocycles. The molecule has 0 aliphatic rings. The van der Waals surface area contributed by atoms with Gasteiger partial charge in [-0.05, 0) is 23.8 Å². The molecule has 0 saturated heterocycles. The minimum absolute atomic E-state index is 0.330. The van der Waals surface area contributed by atoms with E-state index in [9.17, 15) is 4.39 Å². The number of hydrogen-bond acceptors (Lipinski definition) is 2. The Labute approximate surface area is 114 Å². The highest BCUT2D eigenvalue weighted by Gasteiger charge is 2.06. The van der Waals surface area contributed by atoms with Gasteiger partial charge in [-0.15, -0.1) is 5.10 Å². The van der Waals surface area contributed by atoms with E-state index >= 15 is 0 Å². The van der Waals surface area contributed by atoms with Crippen LogP contribution in [0.4, 0.5) is 4.39 Å². The molecule has 1 N–H and O–H groups in total. The minimum atomic E-state index is -0.330. The number of rotatable bonds is 2. The molecule has 1 aromatic heterocycles. The van der Waals surface area contributed by atoms with Gasteiger partial charge in [0.15, 0.2) is 0 Å². The van der Waals surface area contributed by atoms with E-state index in [1.807, 2.05) is 24.3 Å². The molecule has 0 aliphatic carbocycles. The molecule has 3 rings (SSSR count). The maximum atomic E-state index is 13.8. The van der Waals surface area contributed by atoms with Crippen molar-refractivity contribution >= 4 is 11.6 Å². The van der Waals surface area contributed by atoms with Crippen LogP contribution in [0, 0.1) is 5.82 Å². The van der Waals surface area contributed by atoms with Crippen molar-refractivity contribution in [2.24, 2.45) is 0 Å². The highest BCUT2D eigenvalue weighted by molar-refractivity contribution is 6.30. The second-order valence-electron chi connectivity index (χ2n) is 4.07. The van der Waals surface area contributed by atoms with Gasteiger partial charge in [-0.3, -0.25) is 5.10 Å². The summed E-state index contributed by atoms with van der Waals surface area (Å²) < 4.78 is 13.8. The Balaban J connectivity index is 1.98. The summed E-state index contributed by atoms with van der Waals surface area (Å²) in [6.07, 6.45) is 1.64. The summed E-state index contributed by atoms with van der Waals surface area (Å²) in [6, 6.07) is 12.1. The fourth-order valence-corrected chi connectivity index (χ4v) is 2.05. The third kappa shape index (κ3) is 2.35. The third-order valence-corrected chi connectivity index (χ3v) is 3.09. The molecule has 0 bridgehead atoms. The molecule has 0 amide bonds. The Hall–Kier alpha value is -2.20. The number of aromatic amines is 1. The van der Waals surface area contributed by atoms with Crippen LogP contribution in [0.1, 0.15) is 0 Å². The van der Waals surface area contributed by atoms with Crippen molar-refractivity contribution in [3.8, 4) is 22.4 Å². The predicted octanol–water partition coefficient (Wildman–Crippen LogP) is 3.93. The van der Waals surface area contributed by atoms with Gasteiger partial charge in [0.1, 0.15) is 5.82 Å². The molecular formula is C14H9ClFN3. The summed E-state index contributed by atoms with van der Waals surface area (Å²) in [5.41, 5.74) is 3.09. The van der Waals surface area contributed by atoms with E-state index in [2.05, 4.69) is 15.4 Å². The van der Waals surface area contributed by atoms with Crippen molar-refractivity contribution < 1.29 is 4.39 Å². The van der Waals surface area contributed by atoms with Crippen LogP contribution in [0.25, 0.3) is 22.4 Å². The van der Waals surface area contributed by atoms with Crippen molar-refractivity contribution in [3.63, 3.8) is 0 Å². The van der Waals surface area contributed by atoms with E-state index in [-0.39, 0.29) is 5.82 Å². The summed E-state index contributed by atoms with van der Waals surface area (Å²) in [6.45, 7) is 0. The van der Waals surface area contributed by atoms with Crippen molar-refractivity contribution in [2.45, 2.75) is 0 Å². The molecule has 0 spiro atoms. The van der Waals surface area contributed by atoms with Crippen LogP contribution < -0.4 is 0 Å². The van der Waals surface area contributed by atoms with Crippen molar-refractivity contribution in [3.05, 3.63) is 59.5 Å². The number of H-pyrrole nitrogens is 1. The van der Waals surface area contributed by atoms with Crippen molar-refractivity contribution in [1.29, 1.82) is 0 Å². The van der Waals surface area contributed by atoms with Crippen molar-refractivity contribution in [1.82, 2.24) is 15.4 Å². The number of benzene rings is 2. The molecule has 19 heavy (non-hydrogen) atoms. The van der Waals surface area contributed by atoms with Gasteiger partial charge in [0.2, 0.25) is 0 Å². The first-order valence-electron chi connectivity index (χ1n) is 5.66. The average Bonchev–Trinajstić information content (AvgIpc) is 2.93. The monoisotopic (exact) mass is 273 g/mol. The van der Waals surface area contributed by atoms with Crippen LogP contribution in [0.2, 0.25) is 5.02 Å². The van der Waals surface area contributed by atoms with Crippen LogP contribution in [0.15, 0.2) is 48.7 Å². The van der Waals surface area contributed by atoms with E-state index in [0.29, 0.717) is 10.6 Å². The molecule has 0 aliphatic heterocycles. The molecule has 0 unspecified atom stereocenters. The summed E-state index contributed by atoms with van der Waals surface area (Å²) in [5.74, 6) is -0.330. The molecule has 0 atom stereocenters. The van der Waals surface area contributed by atoms with Crippen LogP contribution >= 0.6 is 11.6 Å². The second-order valence-corrected chi connectivity index (χ2v) is 4.51. The first-order valence-corrected chi connectivity index (χ1v) is 6.04. The molecule has 0 fully saturated rings. The van der Waals surface area contributed by atoms with Crippen LogP contribution in [0.3, 0.4) is 0 Å². The highest BCUT2D eigenvalue weighted by atomic mass is 35.5. The Bertz CT molecular complexity index is 693. The molecule has 3 aromatic rings. The van der Waals surface area contributed by atoms with E-state index in [0.717, 1.165) is 16.8 Å². The van der Waals surface area contributed by atoms with Crippen molar-refractivity contribution in [2.75, 3.05) is 0 Å². The van der Waals surface area contributed by atoms with Gasteiger partial charge < -0.3 is 0 Å². The van der Waals surface area contributed by atoms with Gasteiger partial charge in [0.25, 0.3) is 0 Å². The quantitative estimate of drug-likeness (QED) is 0.768. The SMILES string of the molecule is Fc1cc(Cl)ccc1-c1ccc(-c2cnn[nH]2)cc1. The molecule has 1 heterocycles. The van der Waals surface area contributed by atoms with Crippen LogP contribution in [0.5, 0.6) is 0 Å². The summed E-state index contributed by atoms with van der Waals surface area (Å²) in [7, 11) is 0. The topological polar surface area (TPSA) is 41.6 Å². The second kappa shape index (κ2) is 4.82. The van der Waals surface area contributed by atoms with Gasteiger partial charge in [0.05, 0.1) is 11.9 Å². The van der Waals surface area contributed by atoms with E-state index in [4.69, 9.17) is 11.6 Å². The first-order chi connectivity index (χ1) is 9.24. The fraction of sp³-hybridized carbons (Fsp3) is 0. The summed E-state index contributed by atoms with van der Waals surface area (Å²) in [4.78, 5) is 0. The van der Waals surface area contributed by atoms with Crippen LogP contribution in [-0.2, 0) is 0 Å². The zero-order valence-corrected chi connectivity index (χ0v) is 10.5. The maximum absolute atomic E-state index is 13.8.